The van der Waals surface area contributed by atoms with Gasteiger partial charge >= 0.3 is 0 Å². The Morgan fingerprint density at radius 1 is 1.33 bits per heavy atom. The predicted molar refractivity (Wildman–Crippen MR) is 77.6 cm³/mol. The van der Waals surface area contributed by atoms with Crippen LogP contribution in [0.25, 0.3) is 11.4 Å². The minimum Gasteiger partial charge on any atom is -0.497 e. The zero-order chi connectivity index (χ0) is 15.4. The highest BCUT2D eigenvalue weighted by molar-refractivity contribution is 5.77. The summed E-state index contributed by atoms with van der Waals surface area (Å²) in [6.45, 7) is 4.02. The Morgan fingerprint density at radius 2 is 2.00 bits per heavy atom. The van der Waals surface area contributed by atoms with Gasteiger partial charge in [0, 0.05) is 18.5 Å². The summed E-state index contributed by atoms with van der Waals surface area (Å²) in [5.74, 6) is 1.67. The van der Waals surface area contributed by atoms with E-state index in [9.17, 15) is 4.79 Å². The van der Waals surface area contributed by atoms with Crippen molar-refractivity contribution in [3.8, 4) is 17.1 Å². The summed E-state index contributed by atoms with van der Waals surface area (Å²) >= 11 is 0. The fourth-order valence-electron chi connectivity index (χ4n) is 1.90. The van der Waals surface area contributed by atoms with Gasteiger partial charge in [0.15, 0.2) is 0 Å². The minimum absolute atomic E-state index is 0.0409. The van der Waals surface area contributed by atoms with Crippen LogP contribution in [0.3, 0.4) is 0 Å². The highest BCUT2D eigenvalue weighted by atomic mass is 16.5. The SMILES string of the molecule is COc1ccc(-c2noc(CN(C)C(=O)C(C)C)n2)cc1. The van der Waals surface area contributed by atoms with Crippen molar-refractivity contribution in [3.63, 3.8) is 0 Å². The lowest BCUT2D eigenvalue weighted by molar-refractivity contribution is -0.133. The Hall–Kier alpha value is -2.37. The molecule has 1 heterocycles. The van der Waals surface area contributed by atoms with Gasteiger partial charge in [-0.25, -0.2) is 0 Å². The Labute approximate surface area is 123 Å². The molecule has 0 atom stereocenters. The normalized spacial score (nSPS) is 10.7. The lowest BCUT2D eigenvalue weighted by atomic mass is 10.2. The van der Waals surface area contributed by atoms with E-state index in [0.29, 0.717) is 18.3 Å². The van der Waals surface area contributed by atoms with Crippen LogP contribution in [0.4, 0.5) is 0 Å². The number of methoxy groups -OCH3 is 1. The lowest BCUT2D eigenvalue weighted by Crippen LogP contribution is -2.30. The van der Waals surface area contributed by atoms with Gasteiger partial charge in [0.2, 0.25) is 17.6 Å². The third-order valence-corrected chi connectivity index (χ3v) is 3.06. The first kappa shape index (κ1) is 15.0. The van der Waals surface area contributed by atoms with Crippen LogP contribution in [-0.4, -0.2) is 35.1 Å². The number of ether oxygens (including phenoxy) is 1. The van der Waals surface area contributed by atoms with Gasteiger partial charge in [-0.1, -0.05) is 19.0 Å². The summed E-state index contributed by atoms with van der Waals surface area (Å²) in [6, 6.07) is 7.38. The van der Waals surface area contributed by atoms with Gasteiger partial charge in [0.25, 0.3) is 0 Å². The van der Waals surface area contributed by atoms with Gasteiger partial charge in [-0.15, -0.1) is 0 Å². The van der Waals surface area contributed by atoms with Gasteiger partial charge in [-0.05, 0) is 24.3 Å². The molecule has 0 bridgehead atoms. The zero-order valence-electron chi connectivity index (χ0n) is 12.7. The highest BCUT2D eigenvalue weighted by Crippen LogP contribution is 2.20. The predicted octanol–water partition coefficient (Wildman–Crippen LogP) is 2.36. The number of nitrogens with zero attached hydrogens (tertiary/aromatic N) is 3. The Bertz CT molecular complexity index is 605. The molecule has 0 saturated heterocycles. The van der Waals surface area contributed by atoms with Gasteiger partial charge in [-0.3, -0.25) is 4.79 Å². The second kappa shape index (κ2) is 6.39. The molecule has 0 fully saturated rings. The van der Waals surface area contributed by atoms with Gasteiger partial charge < -0.3 is 14.2 Å². The first-order valence-electron chi connectivity index (χ1n) is 6.73. The number of benzene rings is 1. The maximum atomic E-state index is 11.8. The van der Waals surface area contributed by atoms with E-state index in [1.807, 2.05) is 38.1 Å². The molecule has 1 aromatic heterocycles. The van der Waals surface area contributed by atoms with Crippen molar-refractivity contribution >= 4 is 5.91 Å². The molecule has 2 aromatic rings. The average molecular weight is 289 g/mol. The monoisotopic (exact) mass is 289 g/mol. The van der Waals surface area contributed by atoms with E-state index in [2.05, 4.69) is 10.1 Å². The molecule has 0 aliphatic rings. The molecule has 0 unspecified atom stereocenters. The molecule has 112 valence electrons. The van der Waals surface area contributed by atoms with Crippen molar-refractivity contribution in [3.05, 3.63) is 30.2 Å². The lowest BCUT2D eigenvalue weighted by Gasteiger charge is -2.16. The summed E-state index contributed by atoms with van der Waals surface area (Å²) in [4.78, 5) is 17.7. The van der Waals surface area contributed by atoms with Crippen molar-refractivity contribution in [2.75, 3.05) is 14.2 Å². The minimum atomic E-state index is -0.0565. The Kier molecular flexibility index (Phi) is 4.57. The molecule has 21 heavy (non-hydrogen) atoms. The van der Waals surface area contributed by atoms with E-state index in [4.69, 9.17) is 9.26 Å². The van der Waals surface area contributed by atoms with Crippen molar-refractivity contribution in [2.45, 2.75) is 20.4 Å². The van der Waals surface area contributed by atoms with Crippen LogP contribution >= 0.6 is 0 Å². The van der Waals surface area contributed by atoms with Crippen LogP contribution in [0.1, 0.15) is 19.7 Å². The molecule has 1 amide bonds. The summed E-state index contributed by atoms with van der Waals surface area (Å²) in [6.07, 6.45) is 0. The van der Waals surface area contributed by atoms with E-state index < -0.39 is 0 Å². The molecule has 0 aliphatic carbocycles. The first-order chi connectivity index (χ1) is 10.0. The fraction of sp³-hybridized carbons (Fsp3) is 0.400. The molecular weight excluding hydrogens is 270 g/mol. The van der Waals surface area contributed by atoms with Crippen LogP contribution in [0, 0.1) is 5.92 Å². The van der Waals surface area contributed by atoms with Crippen LogP contribution in [0.15, 0.2) is 28.8 Å². The van der Waals surface area contributed by atoms with Gasteiger partial charge in [-0.2, -0.15) is 4.98 Å². The van der Waals surface area contributed by atoms with Crippen molar-refractivity contribution in [2.24, 2.45) is 5.92 Å². The number of hydrogen-bond donors (Lipinski definition) is 0. The molecule has 2 rings (SSSR count). The first-order valence-corrected chi connectivity index (χ1v) is 6.73. The number of amides is 1. The molecule has 6 heteroatoms. The molecule has 0 N–H and O–H groups in total. The molecule has 0 spiro atoms. The van der Waals surface area contributed by atoms with E-state index in [1.54, 1.807) is 19.1 Å². The summed E-state index contributed by atoms with van der Waals surface area (Å²) < 4.78 is 10.3. The molecule has 1 aromatic carbocycles. The quantitative estimate of drug-likeness (QED) is 0.845. The molecule has 0 aliphatic heterocycles. The molecule has 0 radical (unpaired) electrons. The van der Waals surface area contributed by atoms with Gasteiger partial charge in [0.1, 0.15) is 5.75 Å². The maximum Gasteiger partial charge on any atom is 0.246 e. The number of carbonyl (C=O) groups excluding carboxylic acids is 1. The smallest absolute Gasteiger partial charge is 0.246 e. The Morgan fingerprint density at radius 3 is 2.57 bits per heavy atom. The van der Waals surface area contributed by atoms with Crippen LogP contribution in [-0.2, 0) is 11.3 Å². The Balaban J connectivity index is 2.08. The topological polar surface area (TPSA) is 68.5 Å². The molecular formula is C15H19N3O3. The van der Waals surface area contributed by atoms with E-state index in [0.717, 1.165) is 11.3 Å². The van der Waals surface area contributed by atoms with Gasteiger partial charge in [0.05, 0.1) is 13.7 Å². The van der Waals surface area contributed by atoms with Crippen molar-refractivity contribution < 1.29 is 14.1 Å². The number of carbonyl (C=O) groups is 1. The van der Waals surface area contributed by atoms with Crippen LogP contribution in [0.2, 0.25) is 0 Å². The summed E-state index contributed by atoms with van der Waals surface area (Å²) in [5.41, 5.74) is 0.837. The third kappa shape index (κ3) is 3.59. The summed E-state index contributed by atoms with van der Waals surface area (Å²) in [5, 5.41) is 3.93. The standard InChI is InChI=1S/C15H19N3O3/c1-10(2)15(19)18(3)9-13-16-14(17-21-13)11-5-7-12(20-4)8-6-11/h5-8,10H,9H2,1-4H3. The maximum absolute atomic E-state index is 11.8. The van der Waals surface area contributed by atoms with Crippen molar-refractivity contribution in [1.82, 2.24) is 15.0 Å². The molecule has 6 nitrogen and oxygen atoms in total. The number of rotatable bonds is 5. The third-order valence-electron chi connectivity index (χ3n) is 3.06. The zero-order valence-corrected chi connectivity index (χ0v) is 12.7. The largest absolute Gasteiger partial charge is 0.497 e. The fourth-order valence-corrected chi connectivity index (χ4v) is 1.90. The van der Waals surface area contributed by atoms with Crippen LogP contribution < -0.4 is 4.74 Å². The average Bonchev–Trinajstić information content (AvgIpc) is 2.94. The van der Waals surface area contributed by atoms with Crippen molar-refractivity contribution in [1.29, 1.82) is 0 Å². The number of aromatic nitrogens is 2. The van der Waals surface area contributed by atoms with Crippen LogP contribution in [0.5, 0.6) is 5.75 Å². The van der Waals surface area contributed by atoms with E-state index >= 15 is 0 Å². The molecule has 0 saturated carbocycles. The second-order valence-corrected chi connectivity index (χ2v) is 5.09. The highest BCUT2D eigenvalue weighted by Gasteiger charge is 2.16. The van der Waals surface area contributed by atoms with E-state index in [1.165, 1.54) is 0 Å². The second-order valence-electron chi connectivity index (χ2n) is 5.09. The van der Waals surface area contributed by atoms with E-state index in [-0.39, 0.29) is 11.8 Å². The number of hydrogen-bond acceptors (Lipinski definition) is 5. The summed E-state index contributed by atoms with van der Waals surface area (Å²) in [7, 11) is 3.34.